The van der Waals surface area contributed by atoms with Gasteiger partial charge >= 0.3 is 0 Å². The molecular weight excluding hydrogens is 958 g/mol. The molecule has 360 valence electrons. The lowest BCUT2D eigenvalue weighted by molar-refractivity contribution is 0.465. The first-order valence-electron chi connectivity index (χ1n) is 26.2. The number of ether oxygens (including phenoxy) is 2. The van der Waals surface area contributed by atoms with Gasteiger partial charge in [-0.3, -0.25) is 0 Å². The Hall–Kier alpha value is -9.69. The highest BCUT2D eigenvalue weighted by atomic mass is 32.1. The molecule has 6 nitrogen and oxygen atoms in total. The molecule has 1 aromatic heterocycles. The van der Waals surface area contributed by atoms with Crippen LogP contribution in [0.5, 0.6) is 23.0 Å². The smallest absolute Gasteiger partial charge is 0.264 e. The van der Waals surface area contributed by atoms with E-state index in [0.29, 0.717) is 0 Å². The summed E-state index contributed by atoms with van der Waals surface area (Å²) in [6.45, 7) is -0.299. The van der Waals surface area contributed by atoms with E-state index in [0.717, 1.165) is 102 Å². The van der Waals surface area contributed by atoms with Crippen molar-refractivity contribution in [1.29, 1.82) is 0 Å². The maximum absolute atomic E-state index is 7.47. The van der Waals surface area contributed by atoms with Crippen molar-refractivity contribution in [1.82, 2.24) is 0 Å². The van der Waals surface area contributed by atoms with Crippen LogP contribution in [0.2, 0.25) is 0 Å². The van der Waals surface area contributed by atoms with Crippen LogP contribution in [-0.4, -0.2) is 13.4 Å². The van der Waals surface area contributed by atoms with E-state index in [1.165, 1.54) is 31.5 Å². The third kappa shape index (κ3) is 6.83. The maximum atomic E-state index is 7.47. The van der Waals surface area contributed by atoms with E-state index in [9.17, 15) is 0 Å². The van der Waals surface area contributed by atoms with Crippen molar-refractivity contribution >= 4 is 135 Å². The number of thiophene rings is 1. The van der Waals surface area contributed by atoms with Gasteiger partial charge in [-0.2, -0.15) is 0 Å². The molecule has 9 heteroatoms. The monoisotopic (exact) mass is 1000 g/mol. The van der Waals surface area contributed by atoms with E-state index in [4.69, 9.17) is 9.47 Å². The lowest BCUT2D eigenvalue weighted by Gasteiger charge is -2.45. The molecular formula is C68H44B2N4O2S. The number of benzene rings is 11. The zero-order valence-corrected chi connectivity index (χ0v) is 42.4. The Kier molecular flexibility index (Phi) is 9.90. The van der Waals surface area contributed by atoms with Crippen LogP contribution >= 0.6 is 11.3 Å². The summed E-state index contributed by atoms with van der Waals surface area (Å²) in [5.41, 5.74) is 18.7. The van der Waals surface area contributed by atoms with Crippen molar-refractivity contribution in [2.75, 3.05) is 19.6 Å². The fraction of sp³-hybridized carbons (Fsp3) is 0. The normalized spacial score (nSPS) is 13.0. The van der Waals surface area contributed by atoms with Gasteiger partial charge in [0.2, 0.25) is 0 Å². The molecule has 0 saturated carbocycles. The molecule has 0 amide bonds. The molecule has 4 aliphatic rings. The van der Waals surface area contributed by atoms with Gasteiger partial charge in [0.1, 0.15) is 23.0 Å². The number of hydrogen-bond acceptors (Lipinski definition) is 7. The highest BCUT2D eigenvalue weighted by Gasteiger charge is 2.48. The Labute approximate surface area is 451 Å². The van der Waals surface area contributed by atoms with Gasteiger partial charge in [0.15, 0.2) is 0 Å². The summed E-state index contributed by atoms with van der Waals surface area (Å²) >= 11 is 1.91. The van der Waals surface area contributed by atoms with Crippen LogP contribution in [0.15, 0.2) is 267 Å². The second kappa shape index (κ2) is 17.5. The summed E-state index contributed by atoms with van der Waals surface area (Å²) in [5.74, 6) is 3.23. The Morgan fingerprint density at radius 2 is 0.792 bits per heavy atom. The number of nitrogens with zero attached hydrogens (tertiary/aromatic N) is 4. The van der Waals surface area contributed by atoms with Gasteiger partial charge in [-0.25, -0.2) is 0 Å². The van der Waals surface area contributed by atoms with Crippen molar-refractivity contribution < 1.29 is 9.47 Å². The third-order valence-corrected chi connectivity index (χ3v) is 16.9. The Bertz CT molecular complexity index is 4180. The average Bonchev–Trinajstić information content (AvgIpc) is 4.14. The van der Waals surface area contributed by atoms with Crippen molar-refractivity contribution in [3.8, 4) is 23.0 Å². The minimum absolute atomic E-state index is 0.132. The summed E-state index contributed by atoms with van der Waals surface area (Å²) in [6, 6.07) is 96.0. The zero-order valence-electron chi connectivity index (χ0n) is 41.6. The number of para-hydroxylation sites is 7. The van der Waals surface area contributed by atoms with Crippen LogP contribution in [0.4, 0.5) is 68.2 Å². The van der Waals surface area contributed by atoms with E-state index < -0.39 is 0 Å². The predicted molar refractivity (Wildman–Crippen MR) is 323 cm³/mol. The van der Waals surface area contributed by atoms with Gasteiger partial charge in [0.25, 0.3) is 13.4 Å². The fourth-order valence-corrected chi connectivity index (χ4v) is 13.8. The first-order valence-corrected chi connectivity index (χ1v) is 27.0. The van der Waals surface area contributed by atoms with Crippen molar-refractivity contribution in [3.05, 3.63) is 267 Å². The average molecular weight is 1000 g/mol. The molecule has 77 heavy (non-hydrogen) atoms. The van der Waals surface area contributed by atoms with Crippen LogP contribution in [-0.2, 0) is 0 Å². The number of anilines is 12. The third-order valence-electron chi connectivity index (χ3n) is 15.6. The SMILES string of the molecule is c1ccc(N(c2ccccc2)c2cc3c4c(c2)Oc2cc5c(cc2B4c2ccccc2O3)B2c3sc4ccccc4c3N(c3ccccc3)c3cc(N(c4ccccc4)c4ccccc4)cc(c32)N5c2ccccc2)cc1. The van der Waals surface area contributed by atoms with Gasteiger partial charge in [0, 0.05) is 89.7 Å². The van der Waals surface area contributed by atoms with Gasteiger partial charge in [-0.05, 0) is 119 Å². The molecule has 16 rings (SSSR count). The maximum Gasteiger partial charge on any atom is 0.264 e. The summed E-state index contributed by atoms with van der Waals surface area (Å²) in [7, 11) is 0. The van der Waals surface area contributed by atoms with Crippen molar-refractivity contribution in [2.45, 2.75) is 0 Å². The lowest BCUT2D eigenvalue weighted by atomic mass is 9.32. The minimum atomic E-state index is -0.167. The fourth-order valence-electron chi connectivity index (χ4n) is 12.5. The molecule has 0 N–H and O–H groups in total. The van der Waals surface area contributed by atoms with E-state index in [2.05, 4.69) is 287 Å². The molecule has 0 radical (unpaired) electrons. The van der Waals surface area contributed by atoms with Crippen molar-refractivity contribution in [3.63, 3.8) is 0 Å². The molecule has 0 bridgehead atoms. The van der Waals surface area contributed by atoms with Crippen LogP contribution in [0.3, 0.4) is 0 Å². The zero-order chi connectivity index (χ0) is 50.6. The van der Waals surface area contributed by atoms with Gasteiger partial charge < -0.3 is 29.1 Å². The molecule has 12 aromatic rings. The predicted octanol–water partition coefficient (Wildman–Crippen LogP) is 14.7. The molecule has 0 atom stereocenters. The van der Waals surface area contributed by atoms with Gasteiger partial charge in [-0.1, -0.05) is 152 Å². The molecule has 0 saturated heterocycles. The number of fused-ring (bicyclic) bond motifs is 10. The highest BCUT2D eigenvalue weighted by Crippen LogP contribution is 2.52. The Morgan fingerprint density at radius 1 is 0.325 bits per heavy atom. The number of rotatable bonds is 8. The highest BCUT2D eigenvalue weighted by molar-refractivity contribution is 7.33. The van der Waals surface area contributed by atoms with E-state index in [1.54, 1.807) is 0 Å². The molecule has 4 aliphatic heterocycles. The standard InChI is InChI=1S/C68H44B2N4O2S/c1-7-23-45(24-8-1)71(46-25-9-2-10-26-46)51-39-58-65-59(40-51)74(50-33-17-6-18-34-50)67-53-35-19-22-38-64(53)77-68(67)70(65)55-43-56-61(44-57(55)73(58)49-31-15-5-16-32-49)76-63-42-52(41-62-66(63)69(56)54-36-20-21-37-60(54)75-62)72(47-27-11-3-12-28-47)48-29-13-4-14-30-48/h1-44H. The molecule has 0 spiro atoms. The Morgan fingerprint density at radius 3 is 1.38 bits per heavy atom. The molecule has 0 unspecified atom stereocenters. The van der Waals surface area contributed by atoms with Gasteiger partial charge in [0.05, 0.1) is 17.1 Å². The topological polar surface area (TPSA) is 31.4 Å². The van der Waals surface area contributed by atoms with E-state index in [1.807, 2.05) is 11.3 Å². The van der Waals surface area contributed by atoms with E-state index in [-0.39, 0.29) is 13.4 Å². The second-order valence-corrected chi connectivity index (χ2v) is 21.1. The second-order valence-electron chi connectivity index (χ2n) is 20.0. The van der Waals surface area contributed by atoms with E-state index >= 15 is 0 Å². The van der Waals surface area contributed by atoms with Crippen LogP contribution in [0.1, 0.15) is 0 Å². The summed E-state index contributed by atoms with van der Waals surface area (Å²) in [5, 5.41) is 1.23. The molecule has 11 aromatic carbocycles. The summed E-state index contributed by atoms with van der Waals surface area (Å²) in [4.78, 5) is 9.71. The lowest BCUT2D eigenvalue weighted by Crippen LogP contribution is -2.63. The molecule has 0 aliphatic carbocycles. The van der Waals surface area contributed by atoms with Crippen LogP contribution in [0.25, 0.3) is 10.1 Å². The van der Waals surface area contributed by atoms with Gasteiger partial charge in [-0.15, -0.1) is 11.3 Å². The number of hydrogen-bond donors (Lipinski definition) is 0. The molecule has 5 heterocycles. The largest absolute Gasteiger partial charge is 0.458 e. The first kappa shape index (κ1) is 43.7. The van der Waals surface area contributed by atoms with Crippen LogP contribution < -0.4 is 61.2 Å². The van der Waals surface area contributed by atoms with Crippen molar-refractivity contribution in [2.24, 2.45) is 0 Å². The molecule has 0 fully saturated rings. The van der Waals surface area contributed by atoms with Crippen LogP contribution in [0, 0.1) is 0 Å². The summed E-state index contributed by atoms with van der Waals surface area (Å²) in [6.07, 6.45) is 0. The Balaban J connectivity index is 0.987. The quantitative estimate of drug-likeness (QED) is 0.141. The minimum Gasteiger partial charge on any atom is -0.458 e. The first-order chi connectivity index (χ1) is 38.2. The summed E-state index contributed by atoms with van der Waals surface area (Å²) < 4.78 is 17.0.